The molecule has 1 aliphatic rings. The number of rotatable bonds is 7. The molecule has 1 heterocycles. The monoisotopic (exact) mass is 469 g/mol. The van der Waals surface area contributed by atoms with Gasteiger partial charge in [0, 0.05) is 30.3 Å². The number of anilines is 2. The lowest BCUT2D eigenvalue weighted by Crippen LogP contribution is -2.40. The summed E-state index contributed by atoms with van der Waals surface area (Å²) in [6.45, 7) is 2.09. The van der Waals surface area contributed by atoms with Gasteiger partial charge in [0.1, 0.15) is 6.54 Å². The molecule has 2 aromatic rings. The first-order valence-electron chi connectivity index (χ1n) is 9.77. The van der Waals surface area contributed by atoms with Crippen LogP contribution in [0.3, 0.4) is 0 Å². The SMILES string of the molecule is CS(=O)(=O)N(CC(=O)NCc1ccc(N2CCCCC2)cc1)c1ccc(Cl)cc1Cl. The maximum Gasteiger partial charge on any atom is 0.241 e. The fraction of sp³-hybridized carbons (Fsp3) is 0.381. The molecule has 1 fully saturated rings. The van der Waals surface area contributed by atoms with Crippen LogP contribution in [0.5, 0.6) is 0 Å². The number of hydrogen-bond donors (Lipinski definition) is 1. The van der Waals surface area contributed by atoms with E-state index in [1.165, 1.54) is 43.1 Å². The molecule has 9 heteroatoms. The smallest absolute Gasteiger partial charge is 0.241 e. The molecular formula is C21H25Cl2N3O3S. The highest BCUT2D eigenvalue weighted by Gasteiger charge is 2.23. The number of amides is 1. The number of piperidine rings is 1. The normalized spacial score (nSPS) is 14.4. The molecule has 0 unspecified atom stereocenters. The molecule has 0 saturated carbocycles. The zero-order chi connectivity index (χ0) is 21.7. The van der Waals surface area contributed by atoms with E-state index in [-0.39, 0.29) is 17.3 Å². The highest BCUT2D eigenvalue weighted by molar-refractivity contribution is 7.92. The second-order valence-electron chi connectivity index (χ2n) is 7.36. The Morgan fingerprint density at radius 1 is 1.07 bits per heavy atom. The Morgan fingerprint density at radius 3 is 2.33 bits per heavy atom. The van der Waals surface area contributed by atoms with Crippen molar-refractivity contribution in [2.75, 3.05) is 35.1 Å². The Balaban J connectivity index is 1.62. The number of sulfonamides is 1. The molecule has 0 bridgehead atoms. The molecule has 162 valence electrons. The van der Waals surface area contributed by atoms with E-state index in [4.69, 9.17) is 23.2 Å². The fourth-order valence-corrected chi connectivity index (χ4v) is 4.86. The molecule has 30 heavy (non-hydrogen) atoms. The van der Waals surface area contributed by atoms with Gasteiger partial charge in [-0.05, 0) is 55.2 Å². The lowest BCUT2D eigenvalue weighted by molar-refractivity contribution is -0.119. The largest absolute Gasteiger partial charge is 0.372 e. The Labute approximate surface area is 187 Å². The molecule has 1 N–H and O–H groups in total. The van der Waals surface area contributed by atoms with Crippen molar-refractivity contribution >= 4 is 50.5 Å². The summed E-state index contributed by atoms with van der Waals surface area (Å²) in [5.41, 5.74) is 2.34. The summed E-state index contributed by atoms with van der Waals surface area (Å²) >= 11 is 12.0. The summed E-state index contributed by atoms with van der Waals surface area (Å²) < 4.78 is 25.4. The Morgan fingerprint density at radius 2 is 1.73 bits per heavy atom. The van der Waals surface area contributed by atoms with Gasteiger partial charge in [-0.15, -0.1) is 0 Å². The second-order valence-corrected chi connectivity index (χ2v) is 10.1. The van der Waals surface area contributed by atoms with Crippen LogP contribution in [0.15, 0.2) is 42.5 Å². The van der Waals surface area contributed by atoms with Gasteiger partial charge in [0.25, 0.3) is 0 Å². The van der Waals surface area contributed by atoms with Crippen LogP contribution in [-0.2, 0) is 21.4 Å². The van der Waals surface area contributed by atoms with Crippen LogP contribution in [0, 0.1) is 0 Å². The molecule has 1 aliphatic heterocycles. The Hall–Kier alpha value is -1.96. The maximum atomic E-state index is 12.4. The molecule has 0 aliphatic carbocycles. The lowest BCUT2D eigenvalue weighted by atomic mass is 10.1. The van der Waals surface area contributed by atoms with Crippen molar-refractivity contribution in [1.82, 2.24) is 5.32 Å². The minimum atomic E-state index is -3.71. The summed E-state index contributed by atoms with van der Waals surface area (Å²) in [5, 5.41) is 3.32. The van der Waals surface area contributed by atoms with Crippen LogP contribution in [0.2, 0.25) is 10.0 Å². The predicted octanol–water partition coefficient (Wildman–Crippen LogP) is 4.07. The highest BCUT2D eigenvalue weighted by atomic mass is 35.5. The second kappa shape index (κ2) is 9.90. The van der Waals surface area contributed by atoms with Crippen molar-refractivity contribution in [3.05, 3.63) is 58.1 Å². The van der Waals surface area contributed by atoms with Crippen LogP contribution < -0.4 is 14.5 Å². The lowest BCUT2D eigenvalue weighted by Gasteiger charge is -2.28. The van der Waals surface area contributed by atoms with Gasteiger partial charge in [-0.1, -0.05) is 35.3 Å². The van der Waals surface area contributed by atoms with E-state index >= 15 is 0 Å². The number of nitrogens with zero attached hydrogens (tertiary/aromatic N) is 2. The third-order valence-electron chi connectivity index (χ3n) is 5.01. The minimum absolute atomic E-state index is 0.161. The van der Waals surface area contributed by atoms with Gasteiger partial charge in [0.05, 0.1) is 17.0 Å². The van der Waals surface area contributed by atoms with Gasteiger partial charge in [-0.25, -0.2) is 8.42 Å². The summed E-state index contributed by atoms with van der Waals surface area (Å²) in [7, 11) is -3.71. The van der Waals surface area contributed by atoms with E-state index in [2.05, 4.69) is 22.3 Å². The number of nitrogens with one attached hydrogen (secondary N) is 1. The molecule has 6 nitrogen and oxygen atoms in total. The van der Waals surface area contributed by atoms with E-state index in [0.29, 0.717) is 11.6 Å². The van der Waals surface area contributed by atoms with Gasteiger partial charge < -0.3 is 10.2 Å². The Bertz CT molecular complexity index is 991. The minimum Gasteiger partial charge on any atom is -0.372 e. The van der Waals surface area contributed by atoms with Crippen molar-refractivity contribution in [2.24, 2.45) is 0 Å². The summed E-state index contributed by atoms with van der Waals surface area (Å²) in [4.78, 5) is 14.8. The van der Waals surface area contributed by atoms with Crippen LogP contribution in [0.25, 0.3) is 0 Å². The molecule has 0 atom stereocenters. The molecule has 2 aromatic carbocycles. The number of carbonyl (C=O) groups is 1. The number of hydrogen-bond acceptors (Lipinski definition) is 4. The summed E-state index contributed by atoms with van der Waals surface area (Å²) in [6.07, 6.45) is 4.75. The first-order valence-corrected chi connectivity index (χ1v) is 12.4. The number of benzene rings is 2. The quantitative estimate of drug-likeness (QED) is 0.663. The zero-order valence-corrected chi connectivity index (χ0v) is 19.1. The predicted molar refractivity (Wildman–Crippen MR) is 123 cm³/mol. The number of halogens is 2. The third-order valence-corrected chi connectivity index (χ3v) is 6.68. The molecule has 0 aromatic heterocycles. The van der Waals surface area contributed by atoms with E-state index in [9.17, 15) is 13.2 Å². The van der Waals surface area contributed by atoms with Crippen molar-refractivity contribution in [3.63, 3.8) is 0 Å². The zero-order valence-electron chi connectivity index (χ0n) is 16.8. The first kappa shape index (κ1) is 22.7. The van der Waals surface area contributed by atoms with Gasteiger partial charge in [-0.3, -0.25) is 9.10 Å². The topological polar surface area (TPSA) is 69.7 Å². The maximum absolute atomic E-state index is 12.4. The summed E-state index contributed by atoms with van der Waals surface area (Å²) in [6, 6.07) is 12.5. The molecular weight excluding hydrogens is 445 g/mol. The van der Waals surface area contributed by atoms with Crippen molar-refractivity contribution < 1.29 is 13.2 Å². The highest BCUT2D eigenvalue weighted by Crippen LogP contribution is 2.30. The van der Waals surface area contributed by atoms with E-state index < -0.39 is 15.9 Å². The van der Waals surface area contributed by atoms with Gasteiger partial charge in [0.2, 0.25) is 15.9 Å². The molecule has 1 amide bonds. The van der Waals surface area contributed by atoms with Crippen LogP contribution in [0.1, 0.15) is 24.8 Å². The van der Waals surface area contributed by atoms with Crippen LogP contribution in [0.4, 0.5) is 11.4 Å². The van der Waals surface area contributed by atoms with Gasteiger partial charge in [0.15, 0.2) is 0 Å². The standard InChI is InChI=1S/C21H25Cl2N3O3S/c1-30(28,29)26(20-10-7-17(22)13-19(20)23)15-21(27)24-14-16-5-8-18(9-6-16)25-11-3-2-4-12-25/h5-10,13H,2-4,11-12,14-15H2,1H3,(H,24,27). The van der Waals surface area contributed by atoms with Crippen molar-refractivity contribution in [3.8, 4) is 0 Å². The fourth-order valence-electron chi connectivity index (χ4n) is 3.43. The van der Waals surface area contributed by atoms with E-state index in [1.54, 1.807) is 0 Å². The van der Waals surface area contributed by atoms with Crippen molar-refractivity contribution in [1.29, 1.82) is 0 Å². The molecule has 3 rings (SSSR count). The van der Waals surface area contributed by atoms with Gasteiger partial charge >= 0.3 is 0 Å². The van der Waals surface area contributed by atoms with Gasteiger partial charge in [-0.2, -0.15) is 0 Å². The Kier molecular flexibility index (Phi) is 7.50. The average Bonchev–Trinajstić information content (AvgIpc) is 2.71. The molecule has 0 spiro atoms. The van der Waals surface area contributed by atoms with Crippen LogP contribution in [-0.4, -0.2) is 40.2 Å². The third kappa shape index (κ3) is 6.03. The average molecular weight is 470 g/mol. The first-order chi connectivity index (χ1) is 14.2. The molecule has 0 radical (unpaired) electrons. The van der Waals surface area contributed by atoms with E-state index in [0.717, 1.165) is 29.2 Å². The molecule has 1 saturated heterocycles. The van der Waals surface area contributed by atoms with Crippen molar-refractivity contribution in [2.45, 2.75) is 25.8 Å². The summed E-state index contributed by atoms with van der Waals surface area (Å²) in [5.74, 6) is -0.424. The number of carbonyl (C=O) groups excluding carboxylic acids is 1. The van der Waals surface area contributed by atoms with E-state index in [1.807, 2.05) is 12.1 Å². The van der Waals surface area contributed by atoms with Crippen LogP contribution >= 0.6 is 23.2 Å².